The summed E-state index contributed by atoms with van der Waals surface area (Å²) in [6, 6.07) is 13.7. The number of ether oxygens (including phenoxy) is 1. The van der Waals surface area contributed by atoms with Crippen LogP contribution in [0.5, 0.6) is 5.75 Å². The lowest BCUT2D eigenvalue weighted by Gasteiger charge is -2.22. The smallest absolute Gasteiger partial charge is 0.251 e. The van der Waals surface area contributed by atoms with Crippen LogP contribution in [0.25, 0.3) is 0 Å². The Morgan fingerprint density at radius 2 is 1.72 bits per heavy atom. The molecule has 1 unspecified atom stereocenters. The standard InChI is InChI=1S/C20H24N2O3/c1-13(2)18(22-19(23)15-7-5-6-14(3)12-15)20(24)21-16-8-10-17(25-4)11-9-16/h5-13,18H,1-4H3,(H,21,24)(H,22,23). The number of benzene rings is 2. The third-order valence-corrected chi connectivity index (χ3v) is 3.87. The first-order chi connectivity index (χ1) is 11.9. The fraction of sp³-hybridized carbons (Fsp3) is 0.300. The molecule has 0 aliphatic heterocycles. The summed E-state index contributed by atoms with van der Waals surface area (Å²) in [7, 11) is 1.59. The molecule has 0 saturated carbocycles. The van der Waals surface area contributed by atoms with Gasteiger partial charge in [0.1, 0.15) is 11.8 Å². The van der Waals surface area contributed by atoms with Crippen molar-refractivity contribution >= 4 is 17.5 Å². The van der Waals surface area contributed by atoms with Crippen molar-refractivity contribution in [2.45, 2.75) is 26.8 Å². The maximum Gasteiger partial charge on any atom is 0.251 e. The molecule has 0 radical (unpaired) electrons. The van der Waals surface area contributed by atoms with Crippen molar-refractivity contribution in [1.82, 2.24) is 5.32 Å². The zero-order valence-corrected chi connectivity index (χ0v) is 15.0. The lowest BCUT2D eigenvalue weighted by molar-refractivity contribution is -0.118. The van der Waals surface area contributed by atoms with Crippen molar-refractivity contribution in [3.05, 3.63) is 59.7 Å². The van der Waals surface area contributed by atoms with E-state index in [0.29, 0.717) is 17.0 Å². The van der Waals surface area contributed by atoms with Gasteiger partial charge in [-0.05, 0) is 49.2 Å². The molecule has 132 valence electrons. The molecule has 0 aliphatic carbocycles. The normalized spacial score (nSPS) is 11.7. The number of nitrogens with one attached hydrogen (secondary N) is 2. The molecular weight excluding hydrogens is 316 g/mol. The predicted molar refractivity (Wildman–Crippen MR) is 98.9 cm³/mol. The molecule has 0 bridgehead atoms. The van der Waals surface area contributed by atoms with Crippen molar-refractivity contribution in [3.63, 3.8) is 0 Å². The highest BCUT2D eigenvalue weighted by molar-refractivity contribution is 6.01. The minimum absolute atomic E-state index is 0.0491. The molecule has 5 nitrogen and oxygen atoms in total. The molecule has 2 amide bonds. The zero-order chi connectivity index (χ0) is 18.4. The molecule has 2 N–H and O–H groups in total. The van der Waals surface area contributed by atoms with Crippen molar-refractivity contribution in [2.24, 2.45) is 5.92 Å². The van der Waals surface area contributed by atoms with E-state index in [2.05, 4.69) is 10.6 Å². The van der Waals surface area contributed by atoms with E-state index in [0.717, 1.165) is 5.56 Å². The molecule has 0 spiro atoms. The van der Waals surface area contributed by atoms with Gasteiger partial charge in [-0.25, -0.2) is 0 Å². The Bertz CT molecular complexity index is 739. The number of rotatable bonds is 6. The predicted octanol–water partition coefficient (Wildman–Crippen LogP) is 3.40. The zero-order valence-electron chi connectivity index (χ0n) is 15.0. The van der Waals surface area contributed by atoms with E-state index in [4.69, 9.17) is 4.74 Å². The highest BCUT2D eigenvalue weighted by atomic mass is 16.5. The van der Waals surface area contributed by atoms with Gasteiger partial charge in [-0.15, -0.1) is 0 Å². The number of methoxy groups -OCH3 is 1. The van der Waals surface area contributed by atoms with Crippen LogP contribution in [-0.2, 0) is 4.79 Å². The Labute approximate surface area is 148 Å². The van der Waals surface area contributed by atoms with E-state index < -0.39 is 6.04 Å². The van der Waals surface area contributed by atoms with Gasteiger partial charge >= 0.3 is 0 Å². The summed E-state index contributed by atoms with van der Waals surface area (Å²) in [5.41, 5.74) is 2.19. The van der Waals surface area contributed by atoms with E-state index in [1.807, 2.05) is 32.9 Å². The van der Waals surface area contributed by atoms with Crippen LogP contribution in [0, 0.1) is 12.8 Å². The molecule has 0 heterocycles. The lowest BCUT2D eigenvalue weighted by Crippen LogP contribution is -2.47. The van der Waals surface area contributed by atoms with Crippen LogP contribution in [0.1, 0.15) is 29.8 Å². The lowest BCUT2D eigenvalue weighted by atomic mass is 10.0. The number of aryl methyl sites for hydroxylation is 1. The second kappa shape index (κ2) is 8.33. The van der Waals surface area contributed by atoms with Crippen LogP contribution < -0.4 is 15.4 Å². The SMILES string of the molecule is COc1ccc(NC(=O)C(NC(=O)c2cccc(C)c2)C(C)C)cc1. The molecule has 1 atom stereocenters. The second-order valence-electron chi connectivity index (χ2n) is 6.28. The largest absolute Gasteiger partial charge is 0.497 e. The molecule has 0 aliphatic rings. The van der Waals surface area contributed by atoms with E-state index in [9.17, 15) is 9.59 Å². The maximum absolute atomic E-state index is 12.6. The van der Waals surface area contributed by atoms with Gasteiger partial charge in [-0.3, -0.25) is 9.59 Å². The first kappa shape index (κ1) is 18.5. The minimum Gasteiger partial charge on any atom is -0.497 e. The number of carbonyl (C=O) groups excluding carboxylic acids is 2. The van der Waals surface area contributed by atoms with Gasteiger partial charge in [-0.1, -0.05) is 31.5 Å². The molecular formula is C20H24N2O3. The van der Waals surface area contributed by atoms with Crippen LogP contribution in [-0.4, -0.2) is 25.0 Å². The van der Waals surface area contributed by atoms with E-state index in [-0.39, 0.29) is 17.7 Å². The van der Waals surface area contributed by atoms with Crippen molar-refractivity contribution in [2.75, 3.05) is 12.4 Å². The fourth-order valence-corrected chi connectivity index (χ4v) is 2.44. The molecule has 0 aromatic heterocycles. The fourth-order valence-electron chi connectivity index (χ4n) is 2.44. The van der Waals surface area contributed by atoms with Gasteiger partial charge in [-0.2, -0.15) is 0 Å². The molecule has 2 rings (SSSR count). The molecule has 25 heavy (non-hydrogen) atoms. The highest BCUT2D eigenvalue weighted by Crippen LogP contribution is 2.16. The van der Waals surface area contributed by atoms with E-state index in [1.54, 1.807) is 43.5 Å². The monoisotopic (exact) mass is 340 g/mol. The number of hydrogen-bond acceptors (Lipinski definition) is 3. The Morgan fingerprint density at radius 3 is 2.28 bits per heavy atom. The van der Waals surface area contributed by atoms with Crippen molar-refractivity contribution < 1.29 is 14.3 Å². The average molecular weight is 340 g/mol. The quantitative estimate of drug-likeness (QED) is 0.847. The van der Waals surface area contributed by atoms with Crippen LogP contribution in [0.2, 0.25) is 0 Å². The summed E-state index contributed by atoms with van der Waals surface area (Å²) in [6.45, 7) is 5.72. The van der Waals surface area contributed by atoms with E-state index >= 15 is 0 Å². The highest BCUT2D eigenvalue weighted by Gasteiger charge is 2.24. The molecule has 2 aromatic rings. The Kier molecular flexibility index (Phi) is 6.17. The Balaban J connectivity index is 2.08. The second-order valence-corrected chi connectivity index (χ2v) is 6.28. The van der Waals surface area contributed by atoms with Crippen LogP contribution in [0.15, 0.2) is 48.5 Å². The Hall–Kier alpha value is -2.82. The third-order valence-electron chi connectivity index (χ3n) is 3.87. The van der Waals surface area contributed by atoms with Crippen molar-refractivity contribution in [3.8, 4) is 5.75 Å². The first-order valence-corrected chi connectivity index (χ1v) is 8.23. The summed E-state index contributed by atoms with van der Waals surface area (Å²) < 4.78 is 5.10. The van der Waals surface area contributed by atoms with Gasteiger partial charge in [0, 0.05) is 11.3 Å². The number of hydrogen-bond donors (Lipinski definition) is 2. The molecule has 5 heteroatoms. The molecule has 0 saturated heterocycles. The van der Waals surface area contributed by atoms with Crippen molar-refractivity contribution in [1.29, 1.82) is 0 Å². The van der Waals surface area contributed by atoms with Gasteiger partial charge < -0.3 is 15.4 Å². The Morgan fingerprint density at radius 1 is 1.04 bits per heavy atom. The third kappa shape index (κ3) is 5.08. The summed E-state index contributed by atoms with van der Waals surface area (Å²) in [5, 5.41) is 5.66. The van der Waals surface area contributed by atoms with Crippen LogP contribution >= 0.6 is 0 Å². The molecule has 2 aromatic carbocycles. The van der Waals surface area contributed by atoms with Crippen LogP contribution in [0.3, 0.4) is 0 Å². The van der Waals surface area contributed by atoms with Crippen LogP contribution in [0.4, 0.5) is 5.69 Å². The van der Waals surface area contributed by atoms with Gasteiger partial charge in [0.15, 0.2) is 0 Å². The number of carbonyl (C=O) groups is 2. The summed E-state index contributed by atoms with van der Waals surface area (Å²) in [6.07, 6.45) is 0. The minimum atomic E-state index is -0.630. The topological polar surface area (TPSA) is 67.4 Å². The summed E-state index contributed by atoms with van der Waals surface area (Å²) in [5.74, 6) is 0.159. The maximum atomic E-state index is 12.6. The summed E-state index contributed by atoms with van der Waals surface area (Å²) in [4.78, 5) is 25.0. The van der Waals surface area contributed by atoms with Gasteiger partial charge in [0.25, 0.3) is 5.91 Å². The summed E-state index contributed by atoms with van der Waals surface area (Å²) >= 11 is 0. The number of anilines is 1. The molecule has 0 fully saturated rings. The number of amides is 2. The first-order valence-electron chi connectivity index (χ1n) is 8.23. The van der Waals surface area contributed by atoms with E-state index in [1.165, 1.54) is 0 Å². The van der Waals surface area contributed by atoms with Gasteiger partial charge in [0.05, 0.1) is 7.11 Å². The average Bonchev–Trinajstić information content (AvgIpc) is 2.59. The van der Waals surface area contributed by atoms with Gasteiger partial charge in [0.2, 0.25) is 5.91 Å².